The van der Waals surface area contributed by atoms with E-state index in [0.29, 0.717) is 5.56 Å². The fourth-order valence-electron chi connectivity index (χ4n) is 2.09. The Morgan fingerprint density at radius 3 is 2.08 bits per heavy atom. The van der Waals surface area contributed by atoms with Crippen molar-refractivity contribution >= 4 is 46.6 Å². The molecule has 2 aromatic rings. The van der Waals surface area contributed by atoms with Crippen LogP contribution >= 0.6 is 34.8 Å². The van der Waals surface area contributed by atoms with Crippen molar-refractivity contribution in [2.24, 2.45) is 0 Å². The molecule has 0 heterocycles. The summed E-state index contributed by atoms with van der Waals surface area (Å²) in [5, 5.41) is 1.62. The van der Waals surface area contributed by atoms with Crippen LogP contribution in [0.25, 0.3) is 0 Å². The van der Waals surface area contributed by atoms with Crippen LogP contribution in [0.4, 0.5) is 0 Å². The van der Waals surface area contributed by atoms with Crippen molar-refractivity contribution in [1.82, 2.24) is 10.4 Å². The summed E-state index contributed by atoms with van der Waals surface area (Å²) in [6, 6.07) is 11.6. The topological polar surface area (TPSA) is 49.4 Å². The number of nitrogens with one attached hydrogen (secondary N) is 1. The maximum atomic E-state index is 13.0. The maximum Gasteiger partial charge on any atom is 0.274 e. The van der Waals surface area contributed by atoms with Gasteiger partial charge < -0.3 is 0 Å². The molecule has 2 rings (SSSR count). The van der Waals surface area contributed by atoms with Crippen molar-refractivity contribution in [3.63, 3.8) is 0 Å². The molecule has 0 radical (unpaired) electrons. The Morgan fingerprint density at radius 2 is 1.52 bits per heavy atom. The minimum atomic E-state index is -0.697. The summed E-state index contributed by atoms with van der Waals surface area (Å²) in [6.45, 7) is 5.38. The number of hydrazine groups is 1. The summed E-state index contributed by atoms with van der Waals surface area (Å²) >= 11 is 18.1. The molecule has 0 aromatic heterocycles. The number of carbonyl (C=O) groups is 2. The second-order valence-corrected chi connectivity index (χ2v) is 7.50. The molecule has 7 heteroatoms. The minimum Gasteiger partial charge on any atom is -0.267 e. The SMILES string of the molecule is CC(C)(C)N(NC(=O)c1ccccc1)C(=O)c1ccc(Cl)c(Cl)c1Cl. The second kappa shape index (κ2) is 7.65. The largest absolute Gasteiger partial charge is 0.274 e. The van der Waals surface area contributed by atoms with Gasteiger partial charge in [-0.1, -0.05) is 53.0 Å². The number of carbonyl (C=O) groups excluding carboxylic acids is 2. The molecule has 4 nitrogen and oxygen atoms in total. The monoisotopic (exact) mass is 398 g/mol. The number of benzene rings is 2. The fraction of sp³-hybridized carbons (Fsp3) is 0.222. The molecule has 0 atom stereocenters. The zero-order valence-electron chi connectivity index (χ0n) is 13.9. The highest BCUT2D eigenvalue weighted by molar-refractivity contribution is 6.49. The van der Waals surface area contributed by atoms with Crippen molar-refractivity contribution in [3.8, 4) is 0 Å². The molecule has 0 fully saturated rings. The fourth-order valence-corrected chi connectivity index (χ4v) is 2.71. The first-order chi connectivity index (χ1) is 11.6. The number of nitrogens with zero attached hydrogens (tertiary/aromatic N) is 1. The highest BCUT2D eigenvalue weighted by Gasteiger charge is 2.31. The van der Waals surface area contributed by atoms with E-state index < -0.39 is 17.4 Å². The molecule has 0 aliphatic rings. The molecule has 2 amide bonds. The number of hydrogen-bond donors (Lipinski definition) is 1. The first-order valence-electron chi connectivity index (χ1n) is 7.47. The van der Waals surface area contributed by atoms with Gasteiger partial charge in [0.1, 0.15) is 0 Å². The molecule has 0 unspecified atom stereocenters. The number of hydrogen-bond acceptors (Lipinski definition) is 2. The Kier molecular flexibility index (Phi) is 5.99. The van der Waals surface area contributed by atoms with Gasteiger partial charge >= 0.3 is 0 Å². The van der Waals surface area contributed by atoms with Gasteiger partial charge in [-0.05, 0) is 45.0 Å². The zero-order valence-corrected chi connectivity index (χ0v) is 16.2. The van der Waals surface area contributed by atoms with Crippen molar-refractivity contribution in [2.75, 3.05) is 0 Å². The third-order valence-electron chi connectivity index (χ3n) is 3.39. The van der Waals surface area contributed by atoms with Crippen LogP contribution in [-0.4, -0.2) is 22.4 Å². The molecule has 132 valence electrons. The van der Waals surface area contributed by atoms with E-state index in [0.717, 1.165) is 0 Å². The van der Waals surface area contributed by atoms with Crippen LogP contribution in [0.5, 0.6) is 0 Å². The molecule has 0 aliphatic carbocycles. The van der Waals surface area contributed by atoms with Gasteiger partial charge in [0, 0.05) is 5.56 Å². The van der Waals surface area contributed by atoms with Crippen LogP contribution in [0.1, 0.15) is 41.5 Å². The third kappa shape index (κ3) is 4.46. The molecular weight excluding hydrogens is 383 g/mol. The smallest absolute Gasteiger partial charge is 0.267 e. The molecule has 1 N–H and O–H groups in total. The molecular formula is C18H17Cl3N2O2. The Bertz CT molecular complexity index is 802. The number of halogens is 3. The third-order valence-corrected chi connectivity index (χ3v) is 4.68. The van der Waals surface area contributed by atoms with Crippen LogP contribution < -0.4 is 5.43 Å². The van der Waals surface area contributed by atoms with Gasteiger partial charge in [-0.3, -0.25) is 15.0 Å². The van der Waals surface area contributed by atoms with E-state index in [-0.39, 0.29) is 20.6 Å². The lowest BCUT2D eigenvalue weighted by Crippen LogP contribution is -2.56. The maximum absolute atomic E-state index is 13.0. The van der Waals surface area contributed by atoms with Crippen molar-refractivity contribution < 1.29 is 9.59 Å². The van der Waals surface area contributed by atoms with Crippen molar-refractivity contribution in [3.05, 3.63) is 68.7 Å². The molecule has 0 aliphatic heterocycles. The first kappa shape index (κ1) is 19.6. The normalized spacial score (nSPS) is 11.1. The lowest BCUT2D eigenvalue weighted by atomic mass is 10.1. The number of rotatable bonds is 2. The van der Waals surface area contributed by atoms with Gasteiger partial charge in [0.2, 0.25) is 0 Å². The summed E-state index contributed by atoms with van der Waals surface area (Å²) in [7, 11) is 0. The Morgan fingerprint density at radius 1 is 0.920 bits per heavy atom. The number of amides is 2. The van der Waals surface area contributed by atoms with E-state index >= 15 is 0 Å². The molecule has 2 aromatic carbocycles. The van der Waals surface area contributed by atoms with Crippen LogP contribution in [0.2, 0.25) is 15.1 Å². The van der Waals surface area contributed by atoms with E-state index in [1.807, 2.05) is 0 Å². The standard InChI is InChI=1S/C18H17Cl3N2O2/c1-18(2,3)23(22-16(24)11-7-5-4-6-8-11)17(25)12-9-10-13(19)15(21)14(12)20/h4-10H,1-3H3,(H,22,24). The second-order valence-electron chi connectivity index (χ2n) is 6.34. The van der Waals surface area contributed by atoms with Crippen LogP contribution in [0.3, 0.4) is 0 Å². The summed E-state index contributed by atoms with van der Waals surface area (Å²) in [5.74, 6) is -0.889. The van der Waals surface area contributed by atoms with E-state index in [1.165, 1.54) is 17.1 Å². The van der Waals surface area contributed by atoms with E-state index in [4.69, 9.17) is 34.8 Å². The van der Waals surface area contributed by atoms with Crippen LogP contribution in [0.15, 0.2) is 42.5 Å². The average molecular weight is 400 g/mol. The molecule has 0 spiro atoms. The van der Waals surface area contributed by atoms with E-state index in [9.17, 15) is 9.59 Å². The van der Waals surface area contributed by atoms with Crippen LogP contribution in [0, 0.1) is 0 Å². The van der Waals surface area contributed by atoms with Gasteiger partial charge in [0.25, 0.3) is 11.8 Å². The van der Waals surface area contributed by atoms with E-state index in [2.05, 4.69) is 5.43 Å². The zero-order chi connectivity index (χ0) is 18.8. The highest BCUT2D eigenvalue weighted by Crippen LogP contribution is 2.33. The summed E-state index contributed by atoms with van der Waals surface area (Å²) in [6.07, 6.45) is 0. The average Bonchev–Trinajstić information content (AvgIpc) is 2.56. The lowest BCUT2D eigenvalue weighted by molar-refractivity contribution is 0.0359. The summed E-state index contributed by atoms with van der Waals surface area (Å²) in [5.41, 5.74) is 2.53. The van der Waals surface area contributed by atoms with Gasteiger partial charge in [0.05, 0.1) is 26.2 Å². The highest BCUT2D eigenvalue weighted by atomic mass is 35.5. The van der Waals surface area contributed by atoms with Gasteiger partial charge in [0.15, 0.2) is 0 Å². The van der Waals surface area contributed by atoms with Crippen molar-refractivity contribution in [1.29, 1.82) is 0 Å². The lowest BCUT2D eigenvalue weighted by Gasteiger charge is -2.35. The van der Waals surface area contributed by atoms with Crippen molar-refractivity contribution in [2.45, 2.75) is 26.3 Å². The Hall–Kier alpha value is -1.75. The predicted octanol–water partition coefficient (Wildman–Crippen LogP) is 5.23. The van der Waals surface area contributed by atoms with Crippen LogP contribution in [-0.2, 0) is 0 Å². The molecule has 0 saturated carbocycles. The summed E-state index contributed by atoms with van der Waals surface area (Å²) in [4.78, 5) is 25.4. The van der Waals surface area contributed by atoms with E-state index in [1.54, 1.807) is 51.1 Å². The van der Waals surface area contributed by atoms with Gasteiger partial charge in [-0.2, -0.15) is 0 Å². The molecule has 0 bridgehead atoms. The minimum absolute atomic E-state index is 0.0439. The quantitative estimate of drug-likeness (QED) is 0.555. The summed E-state index contributed by atoms with van der Waals surface area (Å²) < 4.78 is 0. The Labute approximate surface area is 161 Å². The molecule has 0 saturated heterocycles. The Balaban J connectivity index is 2.37. The first-order valence-corrected chi connectivity index (χ1v) is 8.60. The van der Waals surface area contributed by atoms with Gasteiger partial charge in [-0.15, -0.1) is 0 Å². The van der Waals surface area contributed by atoms with Gasteiger partial charge in [-0.25, -0.2) is 5.01 Å². The predicted molar refractivity (Wildman–Crippen MR) is 101 cm³/mol. The molecule has 25 heavy (non-hydrogen) atoms.